The third-order valence-electron chi connectivity index (χ3n) is 7.58. The minimum atomic E-state index is -0.213. The summed E-state index contributed by atoms with van der Waals surface area (Å²) in [5.74, 6) is 2.40. The van der Waals surface area contributed by atoms with Gasteiger partial charge in [-0.3, -0.25) is 14.4 Å². The molecule has 2 N–H and O–H groups in total. The molecule has 1 atom stereocenters. The molecule has 4 bridgehead atoms. The van der Waals surface area contributed by atoms with Gasteiger partial charge >= 0.3 is 0 Å². The van der Waals surface area contributed by atoms with Crippen LogP contribution in [0.15, 0.2) is 0 Å². The van der Waals surface area contributed by atoms with Crippen molar-refractivity contribution in [3.05, 3.63) is 0 Å². The lowest BCUT2D eigenvalue weighted by atomic mass is 9.53. The third kappa shape index (κ3) is 3.59. The lowest BCUT2D eigenvalue weighted by molar-refractivity contribution is -0.133. The molecule has 5 saturated carbocycles. The van der Waals surface area contributed by atoms with Crippen LogP contribution in [-0.2, 0) is 14.4 Å². The molecule has 6 fully saturated rings. The highest BCUT2D eigenvalue weighted by Crippen LogP contribution is 2.55. The van der Waals surface area contributed by atoms with Crippen LogP contribution in [0.1, 0.15) is 64.2 Å². The van der Waals surface area contributed by atoms with Gasteiger partial charge in [-0.1, -0.05) is 0 Å². The summed E-state index contributed by atoms with van der Waals surface area (Å²) in [6.45, 7) is 1.25. The Hall–Kier alpha value is -1.59. The molecule has 6 rings (SSSR count). The number of nitrogens with one attached hydrogen (secondary N) is 2. The highest BCUT2D eigenvalue weighted by atomic mass is 16.2. The van der Waals surface area contributed by atoms with Crippen LogP contribution in [0, 0.1) is 23.7 Å². The van der Waals surface area contributed by atoms with Crippen molar-refractivity contribution in [2.24, 2.45) is 23.7 Å². The van der Waals surface area contributed by atoms with Crippen LogP contribution >= 0.6 is 0 Å². The monoisotopic (exact) mass is 373 g/mol. The molecule has 1 saturated heterocycles. The topological polar surface area (TPSA) is 78.5 Å². The Morgan fingerprint density at radius 3 is 2.22 bits per heavy atom. The molecule has 0 aromatic carbocycles. The molecule has 0 radical (unpaired) electrons. The molecule has 148 valence electrons. The Morgan fingerprint density at radius 2 is 1.63 bits per heavy atom. The van der Waals surface area contributed by atoms with Crippen LogP contribution in [0.2, 0.25) is 0 Å². The Labute approximate surface area is 160 Å². The van der Waals surface area contributed by atoms with Gasteiger partial charge < -0.3 is 15.5 Å². The zero-order valence-corrected chi connectivity index (χ0v) is 16.0. The van der Waals surface area contributed by atoms with Crippen molar-refractivity contribution in [2.75, 3.05) is 13.1 Å². The summed E-state index contributed by atoms with van der Waals surface area (Å²) in [4.78, 5) is 38.7. The Balaban J connectivity index is 1.08. The summed E-state index contributed by atoms with van der Waals surface area (Å²) in [6, 6.07) is 0.448. The largest absolute Gasteiger partial charge is 0.355 e. The van der Waals surface area contributed by atoms with E-state index in [4.69, 9.17) is 0 Å². The van der Waals surface area contributed by atoms with Crippen LogP contribution < -0.4 is 10.6 Å². The standard InChI is InChI=1S/C21H31N3O3/c25-18(22-11-16-6-20(27)24(12-16)17-1-2-17)7-19(26)23-21-8-13-3-14(9-21)5-15(4-13)10-21/h13-17H,1-12H2,(H,22,25)(H,23,26)/t13?,14?,15?,16-,21?/m1/s1. The summed E-state index contributed by atoms with van der Waals surface area (Å²) >= 11 is 0. The van der Waals surface area contributed by atoms with Gasteiger partial charge in [0.1, 0.15) is 6.42 Å². The number of hydrogen-bond acceptors (Lipinski definition) is 3. The third-order valence-corrected chi connectivity index (χ3v) is 7.58. The van der Waals surface area contributed by atoms with E-state index < -0.39 is 0 Å². The van der Waals surface area contributed by atoms with E-state index in [0.717, 1.165) is 56.4 Å². The van der Waals surface area contributed by atoms with E-state index in [0.29, 0.717) is 19.0 Å². The van der Waals surface area contributed by atoms with Crippen LogP contribution in [0.4, 0.5) is 0 Å². The molecule has 0 spiro atoms. The maximum Gasteiger partial charge on any atom is 0.229 e. The van der Waals surface area contributed by atoms with Gasteiger partial charge in [0.2, 0.25) is 17.7 Å². The van der Waals surface area contributed by atoms with Crippen LogP contribution in [0.5, 0.6) is 0 Å². The van der Waals surface area contributed by atoms with E-state index in [-0.39, 0.29) is 35.6 Å². The SMILES string of the molecule is O=C(CC(=O)NC12CC3CC(CC(C3)C1)C2)NC[C@H]1CC(=O)N(C2CC2)C1. The van der Waals surface area contributed by atoms with Crippen LogP contribution in [-0.4, -0.2) is 47.3 Å². The van der Waals surface area contributed by atoms with Crippen molar-refractivity contribution in [1.82, 2.24) is 15.5 Å². The number of likely N-dealkylation sites (tertiary alicyclic amines) is 1. The molecule has 6 heteroatoms. The maximum absolute atomic E-state index is 12.5. The van der Waals surface area contributed by atoms with Crippen molar-refractivity contribution in [3.8, 4) is 0 Å². The number of rotatable bonds is 6. The lowest BCUT2D eigenvalue weighted by Crippen LogP contribution is -2.60. The maximum atomic E-state index is 12.5. The number of hydrogen-bond donors (Lipinski definition) is 2. The Kier molecular flexibility index (Phi) is 4.21. The summed E-state index contributed by atoms with van der Waals surface area (Å²) < 4.78 is 0. The quantitative estimate of drug-likeness (QED) is 0.694. The fraction of sp³-hybridized carbons (Fsp3) is 0.857. The van der Waals surface area contributed by atoms with Crippen LogP contribution in [0.3, 0.4) is 0 Å². The molecule has 1 aliphatic heterocycles. The number of amides is 3. The molecular formula is C21H31N3O3. The first-order chi connectivity index (χ1) is 13.0. The smallest absolute Gasteiger partial charge is 0.229 e. The molecule has 1 heterocycles. The molecule has 5 aliphatic carbocycles. The summed E-state index contributed by atoms with van der Waals surface area (Å²) in [6.07, 6.45) is 10.0. The second kappa shape index (κ2) is 6.49. The van der Waals surface area contributed by atoms with E-state index in [9.17, 15) is 14.4 Å². The lowest BCUT2D eigenvalue weighted by Gasteiger charge is -2.56. The molecule has 6 aliphatic rings. The summed E-state index contributed by atoms with van der Waals surface area (Å²) in [7, 11) is 0. The summed E-state index contributed by atoms with van der Waals surface area (Å²) in [5, 5.41) is 6.14. The van der Waals surface area contributed by atoms with Gasteiger partial charge in [0, 0.05) is 37.0 Å². The van der Waals surface area contributed by atoms with Crippen molar-refractivity contribution in [1.29, 1.82) is 0 Å². The van der Waals surface area contributed by atoms with Crippen molar-refractivity contribution >= 4 is 17.7 Å². The second-order valence-electron chi connectivity index (χ2n) is 10.1. The van der Waals surface area contributed by atoms with Crippen LogP contribution in [0.25, 0.3) is 0 Å². The van der Waals surface area contributed by atoms with Crippen molar-refractivity contribution in [2.45, 2.75) is 75.8 Å². The normalized spacial score (nSPS) is 39.7. The van der Waals surface area contributed by atoms with Gasteiger partial charge in [-0.2, -0.15) is 0 Å². The van der Waals surface area contributed by atoms with E-state index in [1.165, 1.54) is 19.3 Å². The minimum Gasteiger partial charge on any atom is -0.355 e. The van der Waals surface area contributed by atoms with E-state index in [1.54, 1.807) is 0 Å². The van der Waals surface area contributed by atoms with Gasteiger partial charge in [-0.05, 0) is 69.1 Å². The van der Waals surface area contributed by atoms with Crippen molar-refractivity contribution < 1.29 is 14.4 Å². The second-order valence-corrected chi connectivity index (χ2v) is 10.1. The van der Waals surface area contributed by atoms with Gasteiger partial charge in [0.25, 0.3) is 0 Å². The van der Waals surface area contributed by atoms with E-state index in [2.05, 4.69) is 10.6 Å². The zero-order valence-electron chi connectivity index (χ0n) is 16.0. The fourth-order valence-corrected chi connectivity index (χ4v) is 6.75. The van der Waals surface area contributed by atoms with Gasteiger partial charge in [-0.25, -0.2) is 0 Å². The summed E-state index contributed by atoms with van der Waals surface area (Å²) in [5.41, 5.74) is -0.0330. The van der Waals surface area contributed by atoms with E-state index >= 15 is 0 Å². The minimum absolute atomic E-state index is 0.0330. The Morgan fingerprint density at radius 1 is 1.00 bits per heavy atom. The van der Waals surface area contributed by atoms with Gasteiger partial charge in [0.05, 0.1) is 0 Å². The molecule has 6 nitrogen and oxygen atoms in total. The first-order valence-electron chi connectivity index (χ1n) is 10.9. The van der Waals surface area contributed by atoms with Crippen molar-refractivity contribution in [3.63, 3.8) is 0 Å². The highest BCUT2D eigenvalue weighted by molar-refractivity contribution is 5.97. The fourth-order valence-electron chi connectivity index (χ4n) is 6.75. The molecule has 3 amide bonds. The first-order valence-corrected chi connectivity index (χ1v) is 10.9. The van der Waals surface area contributed by atoms with Gasteiger partial charge in [0.15, 0.2) is 0 Å². The first kappa shape index (κ1) is 17.5. The number of nitrogens with zero attached hydrogens (tertiary/aromatic N) is 1. The Bertz CT molecular complexity index is 622. The zero-order chi connectivity index (χ0) is 18.6. The number of carbonyl (C=O) groups excluding carboxylic acids is 3. The molecular weight excluding hydrogens is 342 g/mol. The molecule has 0 unspecified atom stereocenters. The molecule has 0 aromatic heterocycles. The van der Waals surface area contributed by atoms with E-state index in [1.807, 2.05) is 4.90 Å². The predicted molar refractivity (Wildman–Crippen MR) is 99.5 cm³/mol. The number of carbonyl (C=O) groups is 3. The highest BCUT2D eigenvalue weighted by Gasteiger charge is 2.51. The average Bonchev–Trinajstić information content (AvgIpc) is 3.34. The molecule has 0 aromatic rings. The average molecular weight is 373 g/mol. The predicted octanol–water partition coefficient (Wildman–Crippen LogP) is 1.59. The van der Waals surface area contributed by atoms with Gasteiger partial charge in [-0.15, -0.1) is 0 Å². The molecule has 27 heavy (non-hydrogen) atoms.